The summed E-state index contributed by atoms with van der Waals surface area (Å²) in [5.74, 6) is -1.02. The lowest BCUT2D eigenvalue weighted by atomic mass is 10.1. The maximum Gasteiger partial charge on any atom is 0.303 e. The van der Waals surface area contributed by atoms with Crippen molar-refractivity contribution in [1.29, 1.82) is 0 Å². The van der Waals surface area contributed by atoms with Crippen molar-refractivity contribution in [1.82, 2.24) is 0 Å². The molecule has 1 rings (SSSR count). The molecule has 0 atom stereocenters. The molecule has 0 aliphatic carbocycles. The van der Waals surface area contributed by atoms with Gasteiger partial charge in [-0.3, -0.25) is 14.4 Å². The fraction of sp³-hybridized carbons (Fsp3) is 0.696. The van der Waals surface area contributed by atoms with Crippen LogP contribution in [0.25, 0.3) is 0 Å². The number of ether oxygens (including phenoxy) is 1. The minimum Gasteiger partial charge on any atom is -0.490 e. The van der Waals surface area contributed by atoms with Gasteiger partial charge in [-0.25, -0.2) is 0 Å². The van der Waals surface area contributed by atoms with E-state index < -0.39 is 11.9 Å². The van der Waals surface area contributed by atoms with Crippen LogP contribution in [0.3, 0.4) is 0 Å². The lowest BCUT2D eigenvalue weighted by Gasteiger charge is -2.08. The van der Waals surface area contributed by atoms with Gasteiger partial charge in [-0.05, 0) is 19.3 Å². The van der Waals surface area contributed by atoms with Crippen LogP contribution >= 0.6 is 11.3 Å². The van der Waals surface area contributed by atoms with Gasteiger partial charge < -0.3 is 25.2 Å². The predicted molar refractivity (Wildman–Crippen MR) is 128 cm³/mol. The summed E-state index contributed by atoms with van der Waals surface area (Å²) in [6.07, 6.45) is 10.4. The molecule has 32 heavy (non-hydrogen) atoms. The lowest BCUT2D eigenvalue weighted by molar-refractivity contribution is -0.138. The van der Waals surface area contributed by atoms with E-state index >= 15 is 0 Å². The summed E-state index contributed by atoms with van der Waals surface area (Å²) in [6, 6.07) is 1.86. The third kappa shape index (κ3) is 13.2. The Morgan fingerprint density at radius 3 is 1.88 bits per heavy atom. The van der Waals surface area contributed by atoms with Crippen molar-refractivity contribution in [2.24, 2.45) is 0 Å². The van der Waals surface area contributed by atoms with Gasteiger partial charge in [-0.2, -0.15) is 0 Å². The highest BCUT2D eigenvalue weighted by atomic mass is 32.1. The first-order valence-corrected chi connectivity index (χ1v) is 12.3. The molecule has 0 unspecified atom stereocenters. The van der Waals surface area contributed by atoms with Gasteiger partial charge in [0.2, 0.25) is 5.91 Å². The van der Waals surface area contributed by atoms with E-state index in [9.17, 15) is 14.4 Å². The number of hydrogen-bond acceptors (Lipinski definition) is 6. The molecule has 182 valence electrons. The second-order valence-corrected chi connectivity index (χ2v) is 9.17. The Morgan fingerprint density at radius 1 is 0.844 bits per heavy atom. The zero-order valence-corrected chi connectivity index (χ0v) is 20.2. The van der Waals surface area contributed by atoms with E-state index in [1.165, 1.54) is 11.3 Å². The number of nitrogens with one attached hydrogen (secondary N) is 1. The fourth-order valence-corrected chi connectivity index (χ4v) is 4.11. The van der Waals surface area contributed by atoms with Crippen molar-refractivity contribution < 1.29 is 29.3 Å². The zero-order valence-electron chi connectivity index (χ0n) is 19.4. The molecule has 1 aromatic rings. The first kappa shape index (κ1) is 27.7. The van der Waals surface area contributed by atoms with Crippen LogP contribution in [-0.2, 0) is 14.4 Å². The Balaban J connectivity index is 2.23. The van der Waals surface area contributed by atoms with Crippen LogP contribution in [-0.4, -0.2) is 48.8 Å². The van der Waals surface area contributed by atoms with Crippen LogP contribution in [0, 0.1) is 0 Å². The summed E-state index contributed by atoms with van der Waals surface area (Å²) in [5, 5.41) is 21.9. The highest BCUT2D eigenvalue weighted by Crippen LogP contribution is 2.40. The number of nitrogens with zero attached hydrogens (tertiary/aromatic N) is 1. The smallest absolute Gasteiger partial charge is 0.303 e. The van der Waals surface area contributed by atoms with E-state index in [0.717, 1.165) is 62.8 Å². The van der Waals surface area contributed by atoms with E-state index in [1.54, 1.807) is 0 Å². The van der Waals surface area contributed by atoms with Crippen molar-refractivity contribution in [3.05, 3.63) is 6.07 Å². The number of carboxylic acid groups (broad SMARTS) is 2. The number of anilines is 2. The number of amides is 1. The number of rotatable bonds is 19. The highest BCUT2D eigenvalue weighted by molar-refractivity contribution is 7.20. The van der Waals surface area contributed by atoms with Crippen LogP contribution in [0.1, 0.15) is 83.5 Å². The maximum absolute atomic E-state index is 12.4. The molecule has 9 heteroatoms. The van der Waals surface area contributed by atoms with Gasteiger partial charge in [0.15, 0.2) is 5.75 Å². The summed E-state index contributed by atoms with van der Waals surface area (Å²) in [5.41, 5.74) is 0. The van der Waals surface area contributed by atoms with Crippen molar-refractivity contribution in [2.45, 2.75) is 83.5 Å². The third-order valence-electron chi connectivity index (χ3n) is 4.97. The van der Waals surface area contributed by atoms with Gasteiger partial charge in [0, 0.05) is 39.4 Å². The molecule has 0 bridgehead atoms. The topological polar surface area (TPSA) is 116 Å². The van der Waals surface area contributed by atoms with E-state index in [0.29, 0.717) is 30.2 Å². The molecule has 0 saturated carbocycles. The molecule has 0 aromatic carbocycles. The van der Waals surface area contributed by atoms with Crippen molar-refractivity contribution in [3.63, 3.8) is 0 Å². The van der Waals surface area contributed by atoms with Crippen LogP contribution in [0.15, 0.2) is 6.07 Å². The van der Waals surface area contributed by atoms with Crippen LogP contribution in [0.4, 0.5) is 10.0 Å². The summed E-state index contributed by atoms with van der Waals surface area (Å²) in [6.45, 7) is 0.290. The largest absolute Gasteiger partial charge is 0.490 e. The number of carbonyl (C=O) groups is 3. The number of carboxylic acids is 2. The average Bonchev–Trinajstić information content (AvgIpc) is 3.12. The Bertz CT molecular complexity index is 705. The van der Waals surface area contributed by atoms with Gasteiger partial charge in [-0.15, -0.1) is 0 Å². The minimum atomic E-state index is -0.850. The number of thiophene rings is 1. The molecular formula is C23H38N2O6S. The molecule has 0 aliphatic rings. The molecular weight excluding hydrogens is 432 g/mol. The number of carbonyl (C=O) groups excluding carboxylic acids is 1. The molecule has 1 heterocycles. The van der Waals surface area contributed by atoms with Gasteiger partial charge in [-0.1, -0.05) is 56.3 Å². The molecule has 0 aliphatic heterocycles. The van der Waals surface area contributed by atoms with E-state index in [4.69, 9.17) is 14.9 Å². The Labute approximate surface area is 195 Å². The number of hydrogen-bond donors (Lipinski definition) is 3. The second-order valence-electron chi connectivity index (χ2n) is 8.14. The average molecular weight is 471 g/mol. The predicted octanol–water partition coefficient (Wildman–Crippen LogP) is 5.37. The zero-order chi connectivity index (χ0) is 23.8. The number of unbranched alkanes of at least 4 members (excludes halogenated alkanes) is 8. The van der Waals surface area contributed by atoms with Crippen molar-refractivity contribution >= 4 is 39.2 Å². The second kappa shape index (κ2) is 16.4. The van der Waals surface area contributed by atoms with Gasteiger partial charge in [0.25, 0.3) is 0 Å². The third-order valence-corrected chi connectivity index (χ3v) is 6.17. The molecule has 1 amide bonds. The molecule has 0 spiro atoms. The standard InChI is InChI=1S/C23H38N2O6S/c1-25(2)20-17-18(31-16-12-15-22(29)30)23(32-20)24-19(26)13-10-8-6-4-3-5-7-9-11-14-21(27)28/h17H,3-16H2,1-2H3,(H,24,26)(H,27,28)(H,29,30). The molecule has 3 N–H and O–H groups in total. The summed E-state index contributed by atoms with van der Waals surface area (Å²) in [7, 11) is 3.84. The fourth-order valence-electron chi connectivity index (χ4n) is 3.17. The molecule has 8 nitrogen and oxygen atoms in total. The minimum absolute atomic E-state index is 0.0361. The Hall–Kier alpha value is -2.29. The summed E-state index contributed by atoms with van der Waals surface area (Å²) < 4.78 is 5.71. The van der Waals surface area contributed by atoms with E-state index in [-0.39, 0.29) is 18.7 Å². The van der Waals surface area contributed by atoms with Crippen molar-refractivity contribution in [2.75, 3.05) is 30.9 Å². The quantitative estimate of drug-likeness (QED) is 0.233. The van der Waals surface area contributed by atoms with Crippen LogP contribution in [0.2, 0.25) is 0 Å². The number of aliphatic carboxylic acids is 2. The SMILES string of the molecule is CN(C)c1cc(OCCCC(=O)O)c(NC(=O)CCCCCCCCCCCC(=O)O)s1. The Kier molecular flexibility index (Phi) is 14.2. The van der Waals surface area contributed by atoms with E-state index in [2.05, 4.69) is 5.32 Å². The lowest BCUT2D eigenvalue weighted by Crippen LogP contribution is -2.11. The molecule has 0 radical (unpaired) electrons. The summed E-state index contributed by atoms with van der Waals surface area (Å²) in [4.78, 5) is 35.4. The highest BCUT2D eigenvalue weighted by Gasteiger charge is 2.14. The van der Waals surface area contributed by atoms with E-state index in [1.807, 2.05) is 25.1 Å². The Morgan fingerprint density at radius 2 is 1.34 bits per heavy atom. The van der Waals surface area contributed by atoms with Crippen molar-refractivity contribution in [3.8, 4) is 5.75 Å². The van der Waals surface area contributed by atoms with Gasteiger partial charge in [0.1, 0.15) is 5.00 Å². The normalized spacial score (nSPS) is 10.7. The first-order chi connectivity index (χ1) is 15.3. The molecule has 1 aromatic heterocycles. The monoisotopic (exact) mass is 470 g/mol. The van der Waals surface area contributed by atoms with Gasteiger partial charge in [0.05, 0.1) is 11.6 Å². The first-order valence-electron chi connectivity index (χ1n) is 11.5. The molecule has 0 fully saturated rings. The summed E-state index contributed by atoms with van der Waals surface area (Å²) >= 11 is 1.44. The van der Waals surface area contributed by atoms with Gasteiger partial charge >= 0.3 is 11.9 Å². The maximum atomic E-state index is 12.4. The van der Waals surface area contributed by atoms with Crippen LogP contribution in [0.5, 0.6) is 5.75 Å². The van der Waals surface area contributed by atoms with Crippen LogP contribution < -0.4 is 15.0 Å². The molecule has 0 saturated heterocycles.